The molecule has 2 aliphatic carbocycles. The minimum absolute atomic E-state index is 0.00776. The Kier molecular flexibility index (Phi) is 22.8. The minimum atomic E-state index is -2.16. The van der Waals surface area contributed by atoms with Crippen molar-refractivity contribution in [2.45, 2.75) is 124 Å². The Morgan fingerprint density at radius 1 is 0.660 bits per heavy atom. The van der Waals surface area contributed by atoms with Gasteiger partial charge in [-0.05, 0) is 82.0 Å². The van der Waals surface area contributed by atoms with Gasteiger partial charge in [0.15, 0.2) is 11.5 Å². The number of hydrogen-bond donors (Lipinski definition) is 14. The summed E-state index contributed by atoms with van der Waals surface area (Å²) in [6.45, 7) is -0.256. The summed E-state index contributed by atoms with van der Waals surface area (Å²) >= 11 is 0. The number of benzene rings is 5. The first-order valence-electron chi connectivity index (χ1n) is 32.4. The number of ether oxygens (including phenoxy) is 3. The van der Waals surface area contributed by atoms with Crippen molar-refractivity contribution < 1.29 is 93.4 Å². The van der Waals surface area contributed by atoms with Crippen LogP contribution in [0.4, 0.5) is 9.59 Å². The van der Waals surface area contributed by atoms with E-state index in [-0.39, 0.29) is 69.1 Å². The predicted octanol–water partition coefficient (Wildman–Crippen LogP) is -0.580. The smallest absolute Gasteiger partial charge is 0.409 e. The van der Waals surface area contributed by atoms with Crippen LogP contribution in [0.25, 0.3) is 22.3 Å². The highest BCUT2D eigenvalue weighted by Crippen LogP contribution is 2.46. The van der Waals surface area contributed by atoms with Crippen LogP contribution in [-0.4, -0.2) is 242 Å². The fourth-order valence-corrected chi connectivity index (χ4v) is 13.5. The first kappa shape index (κ1) is 70.5. The maximum absolute atomic E-state index is 15.2. The van der Waals surface area contributed by atoms with Crippen molar-refractivity contribution in [1.29, 1.82) is 0 Å². The van der Waals surface area contributed by atoms with Gasteiger partial charge in [-0.25, -0.2) is 9.59 Å². The van der Waals surface area contributed by atoms with Crippen LogP contribution >= 0.6 is 0 Å². The molecule has 3 saturated heterocycles. The van der Waals surface area contributed by atoms with Crippen LogP contribution in [0.5, 0.6) is 11.5 Å². The molecule has 28 heteroatoms. The molecule has 5 aromatic carbocycles. The summed E-state index contributed by atoms with van der Waals surface area (Å²) in [4.78, 5) is 117. The molecule has 0 bridgehead atoms. The molecule has 15 N–H and O–H groups in total. The zero-order valence-electron chi connectivity index (χ0n) is 53.5. The number of phenols is 1. The van der Waals surface area contributed by atoms with Crippen LogP contribution in [0.2, 0.25) is 0 Å². The Hall–Kier alpha value is -9.26. The van der Waals surface area contributed by atoms with E-state index in [1.807, 2.05) is 97.1 Å². The van der Waals surface area contributed by atoms with Crippen LogP contribution in [0, 0.1) is 5.92 Å². The molecule has 3 aliphatic heterocycles. The van der Waals surface area contributed by atoms with E-state index in [0.717, 1.165) is 61.2 Å². The van der Waals surface area contributed by atoms with Gasteiger partial charge in [0.1, 0.15) is 50.0 Å². The average Bonchev–Trinajstić information content (AvgIpc) is 1.65. The van der Waals surface area contributed by atoms with E-state index in [1.54, 1.807) is 0 Å². The second kappa shape index (κ2) is 31.3. The number of alkyl carbamates (subject to hydrolysis) is 1. The van der Waals surface area contributed by atoms with E-state index >= 15 is 9.59 Å². The number of nitrogens with one attached hydrogen (secondary N) is 5. The fraction of sp³-hybridized carbons (Fsp3) is 0.449. The van der Waals surface area contributed by atoms with E-state index < -0.39 is 178 Å². The van der Waals surface area contributed by atoms with Crippen LogP contribution in [-0.2, 0) is 44.7 Å². The largest absolute Gasteiger partial charge is 0.504 e. The zero-order valence-corrected chi connectivity index (χ0v) is 53.5. The highest BCUT2D eigenvalue weighted by molar-refractivity contribution is 5.98. The molecule has 0 aromatic heterocycles. The maximum atomic E-state index is 15.2. The first-order valence-corrected chi connectivity index (χ1v) is 32.4. The van der Waals surface area contributed by atoms with Gasteiger partial charge in [-0.2, -0.15) is 0 Å². The molecule has 8 amide bonds. The number of aliphatic hydroxyl groups is 7. The Morgan fingerprint density at radius 3 is 1.80 bits per heavy atom. The van der Waals surface area contributed by atoms with Gasteiger partial charge in [-0.3, -0.25) is 28.8 Å². The number of nitrogens with two attached hydrogens (primary N) is 1. The molecule has 0 radical (unpaired) electrons. The molecular weight excluding hydrogens is 1260 g/mol. The summed E-state index contributed by atoms with van der Waals surface area (Å²) in [5.41, 5.74) is 14.2. The van der Waals surface area contributed by atoms with Crippen molar-refractivity contribution in [3.05, 3.63) is 143 Å². The lowest BCUT2D eigenvalue weighted by atomic mass is 9.98. The summed E-state index contributed by atoms with van der Waals surface area (Å²) in [6.07, 6.45) is -13.9. The molecule has 0 unspecified atom stereocenters. The maximum Gasteiger partial charge on any atom is 0.409 e. The van der Waals surface area contributed by atoms with E-state index in [4.69, 9.17) is 19.9 Å². The quantitative estimate of drug-likeness (QED) is 0.0522. The van der Waals surface area contributed by atoms with E-state index in [1.165, 1.54) is 30.0 Å². The van der Waals surface area contributed by atoms with Gasteiger partial charge in [0.05, 0.1) is 55.8 Å². The minimum Gasteiger partial charge on any atom is -0.504 e. The molecule has 3 heterocycles. The number of amides is 8. The van der Waals surface area contributed by atoms with Crippen molar-refractivity contribution >= 4 is 47.6 Å². The summed E-state index contributed by atoms with van der Waals surface area (Å²) in [5.74, 6) is -8.79. The summed E-state index contributed by atoms with van der Waals surface area (Å²) in [5, 5.41) is 102. The molecular formula is C69H83N9O19. The molecule has 13 atom stereocenters. The second-order valence-electron chi connectivity index (χ2n) is 25.3. The highest BCUT2D eigenvalue weighted by Gasteiger charge is 2.50. The molecule has 3 fully saturated rings. The molecule has 28 nitrogen and oxygen atoms in total. The van der Waals surface area contributed by atoms with Gasteiger partial charge >= 0.3 is 12.2 Å². The third-order valence-electron chi connectivity index (χ3n) is 18.6. The molecule has 5 aliphatic rings. The normalized spacial score (nSPS) is 24.9. The Bertz CT molecular complexity index is 3620. The van der Waals surface area contributed by atoms with Crippen LogP contribution in [0.15, 0.2) is 115 Å². The number of phenolic OH excluding ortho intramolecular Hbond substituents is 1. The van der Waals surface area contributed by atoms with Crippen LogP contribution in [0.3, 0.4) is 0 Å². The highest BCUT2D eigenvalue weighted by atomic mass is 16.6. The average molecular weight is 1340 g/mol. The van der Waals surface area contributed by atoms with Gasteiger partial charge in [0.25, 0.3) is 0 Å². The topological polar surface area (TPSA) is 422 Å². The second-order valence-corrected chi connectivity index (χ2v) is 25.3. The fourth-order valence-electron chi connectivity index (χ4n) is 13.5. The van der Waals surface area contributed by atoms with Gasteiger partial charge < -0.3 is 102 Å². The Morgan fingerprint density at radius 2 is 1.22 bits per heavy atom. The lowest BCUT2D eigenvalue weighted by molar-refractivity contribution is -0.147. The lowest BCUT2D eigenvalue weighted by Gasteiger charge is -2.34. The summed E-state index contributed by atoms with van der Waals surface area (Å²) in [6, 6.07) is 23.8. The number of β-amino-alcohol motifs (C(OH)–C–C–N with tert-alkyl or cyclic N) is 1. The number of fused-ring (bicyclic) bond motifs is 8. The molecule has 97 heavy (non-hydrogen) atoms. The number of nitrogens with zero attached hydrogens (tertiary/aromatic N) is 3. The van der Waals surface area contributed by atoms with Crippen LogP contribution < -0.4 is 37.1 Å². The van der Waals surface area contributed by atoms with Crippen LogP contribution in [0.1, 0.15) is 72.8 Å². The van der Waals surface area contributed by atoms with Gasteiger partial charge in [0.2, 0.25) is 35.4 Å². The number of carbonyl (C=O) groups excluding carboxylic acids is 8. The molecule has 5 aromatic rings. The van der Waals surface area contributed by atoms with Crippen molar-refractivity contribution in [3.63, 3.8) is 0 Å². The van der Waals surface area contributed by atoms with Gasteiger partial charge in [0, 0.05) is 63.3 Å². The third-order valence-corrected chi connectivity index (χ3v) is 18.6. The standard InChI is InChI=1S/C69H83N9O19/c1-36-32-78-60(61(36)86)65(90)72-31-39(81)29-51(70)62(87)73-57(37(2)80)66(91)77-33-40(82)30-52(77)63(88)74-58(64(89)75-59(67(78)92)54(84)21-22-71-68(93)96-34-49-45-15-7-3-11-41(45)42-12-4-8-16-46(42)49)55(85)27-38-19-20-53(83)56(28-38)95-26-24-76(23-25-79)69(94)97-35-50-47-17-9-5-13-43(47)44-14-6-10-18-48(44)50/h3-20,28,36-37,39-40,49-52,54-55,57-61,79-86H,21-27,29-35,70H2,1-2H3,(H,71,93)(H,72,90)(H,73,87)(H,74,88)(H,75,89)/t36-,37+,39+,40+,51-,52-,54+,55+,57-,58-,59-,60-,61-/m0/s1. The number of hydrogen-bond acceptors (Lipinski definition) is 20. The van der Waals surface area contributed by atoms with Gasteiger partial charge in [-0.15, -0.1) is 0 Å². The van der Waals surface area contributed by atoms with Crippen molar-refractivity contribution in [3.8, 4) is 33.8 Å². The summed E-state index contributed by atoms with van der Waals surface area (Å²) in [7, 11) is 0. The summed E-state index contributed by atoms with van der Waals surface area (Å²) < 4.78 is 17.5. The first-order chi connectivity index (χ1) is 46.5. The van der Waals surface area contributed by atoms with E-state index in [9.17, 15) is 69.6 Å². The van der Waals surface area contributed by atoms with Crippen molar-refractivity contribution in [1.82, 2.24) is 41.3 Å². The Balaban J connectivity index is 0.897. The molecule has 0 saturated carbocycles. The molecule has 10 rings (SSSR count). The number of rotatable bonds is 18. The lowest BCUT2D eigenvalue weighted by Crippen LogP contribution is -2.64. The molecule has 518 valence electrons. The Labute approximate surface area is 558 Å². The SMILES string of the molecule is C[C@@H](O)[C@@H]1NC(=O)[C@@H](N)C[C@@H](O)CNC(=O)[C@@H]2[C@@H](O)[C@@H](C)CN2C(=O)[C@H]([C@H](O)CCNC(=O)OCC2c3ccccc3-c3ccccc32)NC(=O)[C@H]([C@H](O)Cc2ccc(O)c(OCCN(CCO)C(=O)OCC3c4ccccc4-c4ccccc43)c2)NC(=O)[C@@H]2C[C@@H](O)CN2C1=O. The number of carbonyl (C=O) groups is 8. The predicted molar refractivity (Wildman–Crippen MR) is 347 cm³/mol. The van der Waals surface area contributed by atoms with Crippen molar-refractivity contribution in [2.75, 3.05) is 65.7 Å². The number of aromatic hydroxyl groups is 1. The van der Waals surface area contributed by atoms with E-state index in [2.05, 4.69) is 26.6 Å². The van der Waals surface area contributed by atoms with Crippen molar-refractivity contribution in [2.24, 2.45) is 11.7 Å². The zero-order chi connectivity index (χ0) is 69.4. The van der Waals surface area contributed by atoms with E-state index in [0.29, 0.717) is 0 Å². The monoisotopic (exact) mass is 1340 g/mol. The number of aliphatic hydroxyl groups excluding tert-OH is 7. The molecule has 0 spiro atoms. The third kappa shape index (κ3) is 15.9. The van der Waals surface area contributed by atoms with Gasteiger partial charge in [-0.1, -0.05) is 110 Å².